The molecule has 1 aromatic rings. The number of nitrogens with two attached hydrogens (primary N) is 1. The third-order valence-electron chi connectivity index (χ3n) is 2.32. The molecule has 1 atom stereocenters. The van der Waals surface area contributed by atoms with Gasteiger partial charge < -0.3 is 15.8 Å². The Kier molecular flexibility index (Phi) is 5.90. The van der Waals surface area contributed by atoms with Crippen LogP contribution in [-0.2, 0) is 0 Å². The van der Waals surface area contributed by atoms with Crippen LogP contribution in [0.4, 0.5) is 11.6 Å². The lowest BCUT2D eigenvalue weighted by atomic mass is 10.2. The summed E-state index contributed by atoms with van der Waals surface area (Å²) in [6, 6.07) is 0.331. The van der Waals surface area contributed by atoms with E-state index in [1.807, 2.05) is 11.8 Å². The first-order valence-electron chi connectivity index (χ1n) is 5.67. The topological polar surface area (TPSA) is 73.1 Å². The molecular weight excluding hydrogens is 236 g/mol. The summed E-state index contributed by atoms with van der Waals surface area (Å²) in [4.78, 5) is 8.04. The average molecular weight is 256 g/mol. The van der Waals surface area contributed by atoms with Gasteiger partial charge in [0.15, 0.2) is 11.6 Å². The number of nitrogens with zero attached hydrogens (tertiary/aromatic N) is 2. The van der Waals surface area contributed by atoms with E-state index >= 15 is 0 Å². The Morgan fingerprint density at radius 2 is 2.29 bits per heavy atom. The smallest absolute Gasteiger partial charge is 0.203 e. The highest BCUT2D eigenvalue weighted by Crippen LogP contribution is 2.27. The molecule has 17 heavy (non-hydrogen) atoms. The first kappa shape index (κ1) is 13.9. The zero-order chi connectivity index (χ0) is 12.7. The van der Waals surface area contributed by atoms with Gasteiger partial charge in [-0.25, -0.2) is 9.97 Å². The molecule has 0 aliphatic rings. The fourth-order valence-electron chi connectivity index (χ4n) is 1.40. The van der Waals surface area contributed by atoms with Crippen molar-refractivity contribution in [3.63, 3.8) is 0 Å². The number of aromatic nitrogens is 2. The lowest BCUT2D eigenvalue weighted by molar-refractivity contribution is 0.414. The normalized spacial score (nSPS) is 12.2. The zero-order valence-electron chi connectivity index (χ0n) is 10.6. The van der Waals surface area contributed by atoms with Crippen molar-refractivity contribution in [2.45, 2.75) is 26.3 Å². The third-order valence-corrected chi connectivity index (χ3v) is 3.25. The molecule has 0 bridgehead atoms. The van der Waals surface area contributed by atoms with Crippen molar-refractivity contribution >= 4 is 23.4 Å². The molecule has 0 amide bonds. The second kappa shape index (κ2) is 7.21. The van der Waals surface area contributed by atoms with Crippen LogP contribution < -0.4 is 15.8 Å². The minimum atomic E-state index is 0.331. The Morgan fingerprint density at radius 1 is 1.53 bits per heavy atom. The van der Waals surface area contributed by atoms with E-state index in [0.29, 0.717) is 23.4 Å². The van der Waals surface area contributed by atoms with Gasteiger partial charge in [0, 0.05) is 6.04 Å². The van der Waals surface area contributed by atoms with Gasteiger partial charge in [-0.2, -0.15) is 11.8 Å². The summed E-state index contributed by atoms with van der Waals surface area (Å²) in [5.74, 6) is 3.82. The first-order valence-corrected chi connectivity index (χ1v) is 6.83. The van der Waals surface area contributed by atoms with E-state index in [0.717, 1.165) is 17.9 Å². The number of thioether (sulfide) groups is 1. The standard InChI is InChI=1S/C11H20N4OS/c1-4-17-6-5-8(2)15-11-9(16-3)10(12)13-7-14-11/h7-8H,4-6H2,1-3H3,(H3,12,13,14,15). The number of rotatable bonds is 7. The molecule has 0 aromatic carbocycles. The molecule has 0 radical (unpaired) electrons. The van der Waals surface area contributed by atoms with Crippen molar-refractivity contribution in [2.24, 2.45) is 0 Å². The van der Waals surface area contributed by atoms with Crippen LogP contribution in [-0.4, -0.2) is 34.6 Å². The van der Waals surface area contributed by atoms with E-state index in [1.54, 1.807) is 7.11 Å². The monoisotopic (exact) mass is 256 g/mol. The Morgan fingerprint density at radius 3 is 2.94 bits per heavy atom. The third kappa shape index (κ3) is 4.30. The number of anilines is 2. The number of ether oxygens (including phenoxy) is 1. The lowest BCUT2D eigenvalue weighted by Crippen LogP contribution is -2.18. The van der Waals surface area contributed by atoms with Crippen molar-refractivity contribution in [1.29, 1.82) is 0 Å². The molecule has 96 valence electrons. The van der Waals surface area contributed by atoms with Crippen LogP contribution in [0.25, 0.3) is 0 Å². The van der Waals surface area contributed by atoms with Crippen molar-refractivity contribution in [1.82, 2.24) is 9.97 Å². The van der Waals surface area contributed by atoms with Crippen LogP contribution >= 0.6 is 11.8 Å². The maximum absolute atomic E-state index is 5.71. The molecular formula is C11H20N4OS. The number of hydrogen-bond donors (Lipinski definition) is 2. The van der Waals surface area contributed by atoms with Crippen LogP contribution in [0.3, 0.4) is 0 Å². The molecule has 0 fully saturated rings. The number of hydrogen-bond acceptors (Lipinski definition) is 6. The first-order chi connectivity index (χ1) is 8.19. The summed E-state index contributed by atoms with van der Waals surface area (Å²) in [6.07, 6.45) is 2.51. The Labute approximate surface area is 107 Å². The van der Waals surface area contributed by atoms with Crippen molar-refractivity contribution in [2.75, 3.05) is 29.7 Å². The maximum Gasteiger partial charge on any atom is 0.203 e. The van der Waals surface area contributed by atoms with Gasteiger partial charge in [-0.05, 0) is 24.9 Å². The minimum absolute atomic E-state index is 0.331. The molecule has 0 aliphatic carbocycles. The summed E-state index contributed by atoms with van der Waals surface area (Å²) >= 11 is 1.93. The predicted octanol–water partition coefficient (Wildman–Crippen LogP) is 2.01. The fourth-order valence-corrected chi connectivity index (χ4v) is 2.21. The van der Waals surface area contributed by atoms with Gasteiger partial charge in [0.1, 0.15) is 6.33 Å². The lowest BCUT2D eigenvalue weighted by Gasteiger charge is -2.16. The Hall–Kier alpha value is -1.17. The Balaban J connectivity index is 2.58. The van der Waals surface area contributed by atoms with Gasteiger partial charge in [-0.3, -0.25) is 0 Å². The van der Waals surface area contributed by atoms with E-state index in [-0.39, 0.29) is 0 Å². The summed E-state index contributed by atoms with van der Waals surface area (Å²) < 4.78 is 5.18. The van der Waals surface area contributed by atoms with Gasteiger partial charge in [-0.15, -0.1) is 0 Å². The molecule has 1 rings (SSSR count). The van der Waals surface area contributed by atoms with E-state index in [9.17, 15) is 0 Å². The molecule has 3 N–H and O–H groups in total. The van der Waals surface area contributed by atoms with Crippen LogP contribution in [0.5, 0.6) is 5.75 Å². The molecule has 0 spiro atoms. The summed E-state index contributed by atoms with van der Waals surface area (Å²) in [5, 5.41) is 3.29. The molecule has 0 aliphatic heterocycles. The highest BCUT2D eigenvalue weighted by Gasteiger charge is 2.11. The van der Waals surface area contributed by atoms with Crippen LogP contribution in [0.15, 0.2) is 6.33 Å². The van der Waals surface area contributed by atoms with E-state index in [1.165, 1.54) is 6.33 Å². The predicted molar refractivity (Wildman–Crippen MR) is 73.7 cm³/mol. The van der Waals surface area contributed by atoms with Crippen molar-refractivity contribution < 1.29 is 4.74 Å². The number of nitrogen functional groups attached to an aromatic ring is 1. The molecule has 0 saturated heterocycles. The molecule has 1 heterocycles. The molecule has 6 heteroatoms. The van der Waals surface area contributed by atoms with Gasteiger partial charge in [-0.1, -0.05) is 6.92 Å². The van der Waals surface area contributed by atoms with Crippen molar-refractivity contribution in [3.05, 3.63) is 6.33 Å². The SMILES string of the molecule is CCSCCC(C)Nc1ncnc(N)c1OC. The molecule has 5 nitrogen and oxygen atoms in total. The van der Waals surface area contributed by atoms with Gasteiger partial charge >= 0.3 is 0 Å². The molecule has 0 saturated carbocycles. The molecule has 1 unspecified atom stereocenters. The summed E-state index contributed by atoms with van der Waals surface area (Å²) in [5.41, 5.74) is 5.71. The summed E-state index contributed by atoms with van der Waals surface area (Å²) in [6.45, 7) is 4.28. The fraction of sp³-hybridized carbons (Fsp3) is 0.636. The zero-order valence-corrected chi connectivity index (χ0v) is 11.4. The van der Waals surface area contributed by atoms with E-state index in [2.05, 4.69) is 29.1 Å². The Bertz CT molecular complexity index is 348. The number of nitrogens with one attached hydrogen (secondary N) is 1. The second-order valence-electron chi connectivity index (χ2n) is 3.67. The summed E-state index contributed by atoms with van der Waals surface area (Å²) in [7, 11) is 1.57. The minimum Gasteiger partial charge on any atom is -0.490 e. The van der Waals surface area contributed by atoms with Gasteiger partial charge in [0.25, 0.3) is 0 Å². The van der Waals surface area contributed by atoms with Crippen molar-refractivity contribution in [3.8, 4) is 5.75 Å². The van der Waals surface area contributed by atoms with Gasteiger partial charge in [0.2, 0.25) is 5.75 Å². The van der Waals surface area contributed by atoms with Crippen LogP contribution in [0.1, 0.15) is 20.3 Å². The van der Waals surface area contributed by atoms with Crippen LogP contribution in [0, 0.1) is 0 Å². The van der Waals surface area contributed by atoms with Crippen LogP contribution in [0.2, 0.25) is 0 Å². The average Bonchev–Trinajstić information content (AvgIpc) is 2.29. The maximum atomic E-state index is 5.71. The number of methoxy groups -OCH3 is 1. The molecule has 1 aromatic heterocycles. The highest BCUT2D eigenvalue weighted by atomic mass is 32.2. The van der Waals surface area contributed by atoms with Gasteiger partial charge in [0.05, 0.1) is 7.11 Å². The van der Waals surface area contributed by atoms with E-state index < -0.39 is 0 Å². The quantitative estimate of drug-likeness (QED) is 0.727. The highest BCUT2D eigenvalue weighted by molar-refractivity contribution is 7.99. The largest absolute Gasteiger partial charge is 0.490 e. The second-order valence-corrected chi connectivity index (χ2v) is 5.07. The van der Waals surface area contributed by atoms with E-state index in [4.69, 9.17) is 10.5 Å².